The maximum Gasteiger partial charge on any atom is 0.244 e. The molecular weight excluding hydrogens is 474 g/mol. The highest BCUT2D eigenvalue weighted by molar-refractivity contribution is 7.89. The van der Waals surface area contributed by atoms with Crippen LogP contribution >= 0.6 is 0 Å². The SMILES string of the molecule is Cc1ccc(S(=O)(=O)N(Cc2ccccc2)Cc2ccc(/C=N\NC(=O)Cc3ccccc3)o2)cc1. The standard InChI is InChI=1S/C28H27N3O4S/c1-22-12-16-27(17-13-22)36(33,34)31(20-24-10-6-3-7-11-24)21-26-15-14-25(35-26)19-29-30-28(32)18-23-8-4-2-5-9-23/h2-17,19H,18,20-21H2,1H3,(H,30,32)/b29-19-. The monoisotopic (exact) mass is 501 g/mol. The van der Waals surface area contributed by atoms with Gasteiger partial charge in [-0.1, -0.05) is 78.4 Å². The maximum absolute atomic E-state index is 13.5. The number of nitrogens with zero attached hydrogens (tertiary/aromatic N) is 2. The normalized spacial score (nSPS) is 11.7. The van der Waals surface area contributed by atoms with Crippen LogP contribution in [-0.2, 0) is 34.3 Å². The van der Waals surface area contributed by atoms with Crippen molar-refractivity contribution in [2.75, 3.05) is 0 Å². The number of benzene rings is 3. The van der Waals surface area contributed by atoms with Gasteiger partial charge >= 0.3 is 0 Å². The van der Waals surface area contributed by atoms with Crippen molar-refractivity contribution < 1.29 is 17.6 Å². The number of hydrazone groups is 1. The summed E-state index contributed by atoms with van der Waals surface area (Å²) in [7, 11) is -3.78. The fourth-order valence-electron chi connectivity index (χ4n) is 3.58. The van der Waals surface area contributed by atoms with Crippen molar-refractivity contribution >= 4 is 22.1 Å². The summed E-state index contributed by atoms with van der Waals surface area (Å²) in [4.78, 5) is 12.3. The number of hydrogen-bond acceptors (Lipinski definition) is 5. The molecule has 0 aliphatic rings. The van der Waals surface area contributed by atoms with Crippen LogP contribution in [0.25, 0.3) is 0 Å². The molecule has 0 fully saturated rings. The van der Waals surface area contributed by atoms with Crippen molar-refractivity contribution in [2.45, 2.75) is 31.3 Å². The highest BCUT2D eigenvalue weighted by atomic mass is 32.2. The third kappa shape index (κ3) is 6.78. The Bertz CT molecular complexity index is 1410. The van der Waals surface area contributed by atoms with E-state index in [1.54, 1.807) is 36.4 Å². The van der Waals surface area contributed by atoms with E-state index in [9.17, 15) is 13.2 Å². The number of carbonyl (C=O) groups excluding carboxylic acids is 1. The molecule has 3 aromatic carbocycles. The molecule has 7 nitrogen and oxygen atoms in total. The molecule has 8 heteroatoms. The minimum absolute atomic E-state index is 0.0410. The minimum atomic E-state index is -3.78. The van der Waals surface area contributed by atoms with Crippen molar-refractivity contribution in [3.63, 3.8) is 0 Å². The molecule has 0 aliphatic heterocycles. The second-order valence-electron chi connectivity index (χ2n) is 8.33. The van der Waals surface area contributed by atoms with E-state index in [0.29, 0.717) is 11.5 Å². The average molecular weight is 502 g/mol. The second-order valence-corrected chi connectivity index (χ2v) is 10.3. The molecule has 4 aromatic rings. The number of hydrogen-bond donors (Lipinski definition) is 1. The van der Waals surface area contributed by atoms with E-state index >= 15 is 0 Å². The molecule has 184 valence electrons. The number of rotatable bonds is 10. The molecule has 0 aliphatic carbocycles. The van der Waals surface area contributed by atoms with Crippen molar-refractivity contribution in [3.05, 3.63) is 125 Å². The predicted molar refractivity (Wildman–Crippen MR) is 139 cm³/mol. The molecule has 0 bridgehead atoms. The van der Waals surface area contributed by atoms with Crippen LogP contribution in [0.4, 0.5) is 0 Å². The van der Waals surface area contributed by atoms with Crippen LogP contribution < -0.4 is 5.43 Å². The van der Waals surface area contributed by atoms with Gasteiger partial charge in [0.05, 0.1) is 24.1 Å². The van der Waals surface area contributed by atoms with E-state index in [-0.39, 0.29) is 30.3 Å². The number of sulfonamides is 1. The summed E-state index contributed by atoms with van der Waals surface area (Å²) in [6, 6.07) is 28.9. The maximum atomic E-state index is 13.5. The quantitative estimate of drug-likeness (QED) is 0.252. The highest BCUT2D eigenvalue weighted by Gasteiger charge is 2.26. The van der Waals surface area contributed by atoms with E-state index in [1.807, 2.05) is 67.6 Å². The van der Waals surface area contributed by atoms with Gasteiger partial charge in [-0.3, -0.25) is 4.79 Å². The van der Waals surface area contributed by atoms with E-state index in [2.05, 4.69) is 10.5 Å². The van der Waals surface area contributed by atoms with Gasteiger partial charge in [-0.05, 0) is 42.3 Å². The average Bonchev–Trinajstić information content (AvgIpc) is 3.32. The van der Waals surface area contributed by atoms with Crippen molar-refractivity contribution in [2.24, 2.45) is 5.10 Å². The lowest BCUT2D eigenvalue weighted by Gasteiger charge is -2.21. The first-order chi connectivity index (χ1) is 17.4. The summed E-state index contributed by atoms with van der Waals surface area (Å²) < 4.78 is 34.1. The number of furan rings is 1. The minimum Gasteiger partial charge on any atom is -0.459 e. The van der Waals surface area contributed by atoms with Crippen molar-refractivity contribution in [1.82, 2.24) is 9.73 Å². The zero-order valence-corrected chi connectivity index (χ0v) is 20.7. The third-order valence-electron chi connectivity index (χ3n) is 5.46. The Kier molecular flexibility index (Phi) is 8.10. The van der Waals surface area contributed by atoms with E-state index in [1.165, 1.54) is 10.5 Å². The van der Waals surface area contributed by atoms with E-state index in [0.717, 1.165) is 16.7 Å². The molecule has 0 spiro atoms. The van der Waals surface area contributed by atoms with Gasteiger partial charge in [0, 0.05) is 6.54 Å². The second kappa shape index (κ2) is 11.6. The number of aryl methyl sites for hydroxylation is 1. The Morgan fingerprint density at radius 1 is 0.861 bits per heavy atom. The Hall–Kier alpha value is -4.01. The summed E-state index contributed by atoms with van der Waals surface area (Å²) in [5.74, 6) is 0.610. The molecule has 1 N–H and O–H groups in total. The zero-order valence-electron chi connectivity index (χ0n) is 19.9. The van der Waals surface area contributed by atoms with Gasteiger partial charge in [-0.15, -0.1) is 0 Å². The first kappa shape index (κ1) is 25.1. The topological polar surface area (TPSA) is 92.0 Å². The van der Waals surface area contributed by atoms with Crippen LogP contribution in [-0.4, -0.2) is 24.8 Å². The Morgan fingerprint density at radius 3 is 2.17 bits per heavy atom. The molecule has 1 aromatic heterocycles. The molecule has 0 saturated carbocycles. The van der Waals surface area contributed by atoms with Crippen molar-refractivity contribution in [3.8, 4) is 0 Å². The summed E-state index contributed by atoms with van der Waals surface area (Å²) in [6.45, 7) is 2.14. The van der Waals surface area contributed by atoms with Crippen LogP contribution in [0.1, 0.15) is 28.2 Å². The van der Waals surface area contributed by atoms with Gasteiger partial charge < -0.3 is 4.42 Å². The molecule has 4 rings (SSSR count). The van der Waals surface area contributed by atoms with Crippen LogP contribution in [0.3, 0.4) is 0 Å². The lowest BCUT2D eigenvalue weighted by Crippen LogP contribution is -2.30. The van der Waals surface area contributed by atoms with Gasteiger partial charge in [0.2, 0.25) is 15.9 Å². The lowest BCUT2D eigenvalue weighted by molar-refractivity contribution is -0.120. The molecule has 1 amide bonds. The van der Waals surface area contributed by atoms with Crippen LogP contribution in [0.2, 0.25) is 0 Å². The summed E-state index contributed by atoms with van der Waals surface area (Å²) in [5, 5.41) is 3.95. The van der Waals surface area contributed by atoms with Crippen molar-refractivity contribution in [1.29, 1.82) is 0 Å². The lowest BCUT2D eigenvalue weighted by atomic mass is 10.1. The van der Waals surface area contributed by atoms with Gasteiger partial charge in [-0.25, -0.2) is 13.8 Å². The van der Waals surface area contributed by atoms with Gasteiger partial charge in [0.1, 0.15) is 11.5 Å². The fraction of sp³-hybridized carbons (Fsp3) is 0.143. The summed E-state index contributed by atoms with van der Waals surface area (Å²) in [5.41, 5.74) is 5.21. The molecule has 0 unspecified atom stereocenters. The van der Waals surface area contributed by atoms with E-state index in [4.69, 9.17) is 4.42 Å². The molecular formula is C28H27N3O4S. The summed E-state index contributed by atoms with van der Waals surface area (Å²) >= 11 is 0. The zero-order chi connectivity index (χ0) is 25.4. The first-order valence-electron chi connectivity index (χ1n) is 11.5. The Morgan fingerprint density at radius 2 is 1.50 bits per heavy atom. The first-order valence-corrected chi connectivity index (χ1v) is 12.9. The molecule has 0 atom stereocenters. The Labute approximate surface area is 211 Å². The van der Waals surface area contributed by atoms with Gasteiger partial charge in [-0.2, -0.15) is 9.41 Å². The number of carbonyl (C=O) groups is 1. The van der Waals surface area contributed by atoms with Crippen LogP contribution in [0, 0.1) is 6.92 Å². The Balaban J connectivity index is 1.46. The molecule has 36 heavy (non-hydrogen) atoms. The van der Waals surface area contributed by atoms with Gasteiger partial charge in [0.25, 0.3) is 0 Å². The fourth-order valence-corrected chi connectivity index (χ4v) is 4.98. The van der Waals surface area contributed by atoms with Crippen LogP contribution in [0.15, 0.2) is 111 Å². The smallest absolute Gasteiger partial charge is 0.244 e. The molecule has 1 heterocycles. The largest absolute Gasteiger partial charge is 0.459 e. The highest BCUT2D eigenvalue weighted by Crippen LogP contribution is 2.22. The summed E-state index contributed by atoms with van der Waals surface area (Å²) in [6.07, 6.45) is 1.61. The molecule has 0 saturated heterocycles. The van der Waals surface area contributed by atoms with E-state index < -0.39 is 10.0 Å². The molecule has 0 radical (unpaired) electrons. The third-order valence-corrected chi connectivity index (χ3v) is 7.27. The van der Waals surface area contributed by atoms with Crippen LogP contribution in [0.5, 0.6) is 0 Å². The number of nitrogens with one attached hydrogen (secondary N) is 1. The predicted octanol–water partition coefficient (Wildman–Crippen LogP) is 4.67. The van der Waals surface area contributed by atoms with Gasteiger partial charge in [0.15, 0.2) is 0 Å². The number of amides is 1.